The van der Waals surface area contributed by atoms with Crippen molar-refractivity contribution in [1.82, 2.24) is 4.90 Å². The van der Waals surface area contributed by atoms with Gasteiger partial charge in [0.25, 0.3) is 0 Å². The number of amides is 2. The molecule has 1 fully saturated rings. The van der Waals surface area contributed by atoms with Crippen LogP contribution in [0.1, 0.15) is 20.8 Å². The van der Waals surface area contributed by atoms with Crippen LogP contribution in [0.3, 0.4) is 0 Å². The molecule has 1 aliphatic rings. The fraction of sp³-hybridized carbons (Fsp3) is 0.467. The van der Waals surface area contributed by atoms with Crippen LogP contribution < -0.4 is 4.90 Å². The van der Waals surface area contributed by atoms with Crippen molar-refractivity contribution in [2.45, 2.75) is 26.8 Å². The van der Waals surface area contributed by atoms with Crippen LogP contribution in [0.4, 0.5) is 10.1 Å². The number of nitrogens with zero attached hydrogens (tertiary/aromatic N) is 2. The van der Waals surface area contributed by atoms with Gasteiger partial charge in [-0.25, -0.2) is 4.39 Å². The molecular formula is C15H19FN2O2. The molecule has 0 spiro atoms. The molecule has 20 heavy (non-hydrogen) atoms. The maximum atomic E-state index is 13.3. The first-order valence-electron chi connectivity index (χ1n) is 6.79. The Hall–Kier alpha value is -1.91. The van der Waals surface area contributed by atoms with E-state index < -0.39 is 6.04 Å². The average molecular weight is 278 g/mol. The standard InChI is InChI=1S/C15H19FN2O2/c1-10(2)14(19)17-7-8-18(15(20)11(17)3)13-6-4-5-12(16)9-13/h4-6,9-11H,7-8H2,1-3H3/t11-/m1/s1. The van der Waals surface area contributed by atoms with Crippen molar-refractivity contribution in [3.05, 3.63) is 30.1 Å². The molecule has 1 saturated heterocycles. The van der Waals surface area contributed by atoms with Crippen LogP contribution in [-0.2, 0) is 9.59 Å². The lowest BCUT2D eigenvalue weighted by atomic mass is 10.1. The van der Waals surface area contributed by atoms with Gasteiger partial charge in [-0.3, -0.25) is 9.59 Å². The summed E-state index contributed by atoms with van der Waals surface area (Å²) in [7, 11) is 0. The molecule has 0 aromatic heterocycles. The minimum Gasteiger partial charge on any atom is -0.329 e. The van der Waals surface area contributed by atoms with E-state index in [1.165, 1.54) is 17.0 Å². The number of benzene rings is 1. The normalized spacial score (nSPS) is 19.6. The Kier molecular flexibility index (Phi) is 4.06. The topological polar surface area (TPSA) is 40.6 Å². The molecule has 1 aliphatic heterocycles. The quantitative estimate of drug-likeness (QED) is 0.830. The zero-order valence-corrected chi connectivity index (χ0v) is 12.0. The summed E-state index contributed by atoms with van der Waals surface area (Å²) in [6.45, 7) is 6.22. The van der Waals surface area contributed by atoms with Crippen LogP contribution in [0.2, 0.25) is 0 Å². The van der Waals surface area contributed by atoms with Crippen LogP contribution in [0.5, 0.6) is 0 Å². The smallest absolute Gasteiger partial charge is 0.249 e. The van der Waals surface area contributed by atoms with E-state index in [2.05, 4.69) is 0 Å². The fourth-order valence-electron chi connectivity index (χ4n) is 2.40. The van der Waals surface area contributed by atoms with Gasteiger partial charge in [0.05, 0.1) is 0 Å². The highest BCUT2D eigenvalue weighted by atomic mass is 19.1. The van der Waals surface area contributed by atoms with Gasteiger partial charge in [0.15, 0.2) is 0 Å². The molecule has 2 amide bonds. The van der Waals surface area contributed by atoms with Crippen molar-refractivity contribution in [3.63, 3.8) is 0 Å². The number of carbonyl (C=O) groups excluding carboxylic acids is 2. The zero-order valence-electron chi connectivity index (χ0n) is 12.0. The van der Waals surface area contributed by atoms with E-state index in [1.807, 2.05) is 13.8 Å². The molecular weight excluding hydrogens is 259 g/mol. The van der Waals surface area contributed by atoms with Gasteiger partial charge < -0.3 is 9.80 Å². The summed E-state index contributed by atoms with van der Waals surface area (Å²) in [6, 6.07) is 5.45. The van der Waals surface area contributed by atoms with E-state index in [0.29, 0.717) is 18.8 Å². The summed E-state index contributed by atoms with van der Waals surface area (Å²) >= 11 is 0. The monoisotopic (exact) mass is 278 g/mol. The first-order valence-corrected chi connectivity index (χ1v) is 6.79. The van der Waals surface area contributed by atoms with Crippen LogP contribution in [0, 0.1) is 11.7 Å². The number of anilines is 1. The van der Waals surface area contributed by atoms with Crippen molar-refractivity contribution in [3.8, 4) is 0 Å². The molecule has 0 saturated carbocycles. The lowest BCUT2D eigenvalue weighted by Gasteiger charge is -2.39. The minimum absolute atomic E-state index is 0.0234. The Bertz CT molecular complexity index is 530. The molecule has 1 atom stereocenters. The van der Waals surface area contributed by atoms with Gasteiger partial charge in [0, 0.05) is 24.7 Å². The van der Waals surface area contributed by atoms with Crippen LogP contribution in [0.15, 0.2) is 24.3 Å². The highest BCUT2D eigenvalue weighted by molar-refractivity contribution is 6.00. The summed E-state index contributed by atoms with van der Waals surface area (Å²) in [5, 5.41) is 0. The molecule has 1 aromatic carbocycles. The van der Waals surface area contributed by atoms with E-state index in [-0.39, 0.29) is 23.5 Å². The molecule has 0 bridgehead atoms. The molecule has 0 N–H and O–H groups in total. The second-order valence-electron chi connectivity index (χ2n) is 5.33. The summed E-state index contributed by atoms with van der Waals surface area (Å²) in [5.41, 5.74) is 0.540. The summed E-state index contributed by atoms with van der Waals surface area (Å²) in [5.74, 6) is -0.699. The number of hydrogen-bond donors (Lipinski definition) is 0. The number of piperazine rings is 1. The van der Waals surface area contributed by atoms with Crippen LogP contribution in [0.25, 0.3) is 0 Å². The fourth-order valence-corrected chi connectivity index (χ4v) is 2.40. The number of hydrogen-bond acceptors (Lipinski definition) is 2. The van der Waals surface area contributed by atoms with Gasteiger partial charge in [-0.05, 0) is 25.1 Å². The van der Waals surface area contributed by atoms with E-state index >= 15 is 0 Å². The predicted molar refractivity (Wildman–Crippen MR) is 74.8 cm³/mol. The first-order chi connectivity index (χ1) is 9.41. The second kappa shape index (κ2) is 5.61. The summed E-state index contributed by atoms with van der Waals surface area (Å²) < 4.78 is 13.3. The maximum absolute atomic E-state index is 13.3. The Morgan fingerprint density at radius 2 is 2.05 bits per heavy atom. The number of carbonyl (C=O) groups is 2. The molecule has 0 aliphatic carbocycles. The molecule has 0 unspecified atom stereocenters. The minimum atomic E-state index is -0.512. The lowest BCUT2D eigenvalue weighted by Crippen LogP contribution is -2.58. The third-order valence-electron chi connectivity index (χ3n) is 3.55. The van der Waals surface area contributed by atoms with Gasteiger partial charge in [0.1, 0.15) is 11.9 Å². The molecule has 4 nitrogen and oxygen atoms in total. The molecule has 5 heteroatoms. The molecule has 108 valence electrons. The number of rotatable bonds is 2. The molecule has 1 heterocycles. The van der Waals surface area contributed by atoms with Crippen molar-refractivity contribution in [2.75, 3.05) is 18.0 Å². The first kappa shape index (κ1) is 14.5. The van der Waals surface area contributed by atoms with Gasteiger partial charge in [-0.2, -0.15) is 0 Å². The zero-order chi connectivity index (χ0) is 14.9. The highest BCUT2D eigenvalue weighted by Gasteiger charge is 2.35. The van der Waals surface area contributed by atoms with Crippen LogP contribution in [-0.4, -0.2) is 35.8 Å². The SMILES string of the molecule is CC(C)C(=O)N1CCN(c2cccc(F)c2)C(=O)[C@H]1C. The van der Waals surface area contributed by atoms with Gasteiger partial charge >= 0.3 is 0 Å². The van der Waals surface area contributed by atoms with Gasteiger partial charge in [-0.15, -0.1) is 0 Å². The van der Waals surface area contributed by atoms with E-state index in [9.17, 15) is 14.0 Å². The third-order valence-corrected chi connectivity index (χ3v) is 3.55. The average Bonchev–Trinajstić information content (AvgIpc) is 2.41. The summed E-state index contributed by atoms with van der Waals surface area (Å²) in [6.07, 6.45) is 0. The van der Waals surface area contributed by atoms with E-state index in [4.69, 9.17) is 0 Å². The van der Waals surface area contributed by atoms with Crippen molar-refractivity contribution >= 4 is 17.5 Å². The van der Waals surface area contributed by atoms with Gasteiger partial charge in [-0.1, -0.05) is 19.9 Å². The largest absolute Gasteiger partial charge is 0.329 e. The predicted octanol–water partition coefficient (Wildman–Crippen LogP) is 2.05. The lowest BCUT2D eigenvalue weighted by molar-refractivity contribution is -0.143. The van der Waals surface area contributed by atoms with Crippen molar-refractivity contribution in [1.29, 1.82) is 0 Å². The molecule has 1 aromatic rings. The number of halogens is 1. The van der Waals surface area contributed by atoms with Crippen molar-refractivity contribution in [2.24, 2.45) is 5.92 Å². The Balaban J connectivity index is 2.19. The van der Waals surface area contributed by atoms with E-state index in [0.717, 1.165) is 0 Å². The molecule has 2 rings (SSSR count). The Morgan fingerprint density at radius 3 is 2.65 bits per heavy atom. The Morgan fingerprint density at radius 1 is 1.35 bits per heavy atom. The van der Waals surface area contributed by atoms with Crippen LogP contribution >= 0.6 is 0 Å². The van der Waals surface area contributed by atoms with Gasteiger partial charge in [0.2, 0.25) is 11.8 Å². The Labute approximate surface area is 118 Å². The van der Waals surface area contributed by atoms with Crippen molar-refractivity contribution < 1.29 is 14.0 Å². The van der Waals surface area contributed by atoms with E-state index in [1.54, 1.807) is 24.0 Å². The molecule has 0 radical (unpaired) electrons. The highest BCUT2D eigenvalue weighted by Crippen LogP contribution is 2.22. The third kappa shape index (κ3) is 2.66. The maximum Gasteiger partial charge on any atom is 0.249 e. The summed E-state index contributed by atoms with van der Waals surface area (Å²) in [4.78, 5) is 27.6. The second-order valence-corrected chi connectivity index (χ2v) is 5.33.